The number of hydrogen-bond donors (Lipinski definition) is 2. The van der Waals surface area contributed by atoms with Crippen molar-refractivity contribution >= 4 is 11.6 Å². The van der Waals surface area contributed by atoms with Gasteiger partial charge >= 0.3 is 0 Å². The summed E-state index contributed by atoms with van der Waals surface area (Å²) in [6.07, 6.45) is 0.760. The molecule has 1 heterocycles. The van der Waals surface area contributed by atoms with Crippen LogP contribution in [-0.2, 0) is 10.2 Å². The van der Waals surface area contributed by atoms with Gasteiger partial charge in [-0.25, -0.2) is 14.2 Å². The molecule has 1 aromatic carbocycles. The summed E-state index contributed by atoms with van der Waals surface area (Å²) in [7, 11) is 1.58. The summed E-state index contributed by atoms with van der Waals surface area (Å²) >= 11 is 0. The molecule has 2 aliphatic rings. The number of hydrogen-bond acceptors (Lipinski definition) is 3. The number of carbonyl (C=O) groups is 1. The Kier molecular flexibility index (Phi) is 3.91. The number of rotatable bonds is 3. The van der Waals surface area contributed by atoms with Crippen molar-refractivity contribution in [1.29, 1.82) is 0 Å². The Balaban J connectivity index is 1.94. The second kappa shape index (κ2) is 5.55. The molecule has 6 heteroatoms. The number of carbonyl (C=O) groups excluding carboxylic acids is 1. The lowest BCUT2D eigenvalue weighted by atomic mass is 9.86. The van der Waals surface area contributed by atoms with Gasteiger partial charge in [0.1, 0.15) is 0 Å². The van der Waals surface area contributed by atoms with Crippen molar-refractivity contribution in [3.63, 3.8) is 0 Å². The molecule has 1 aliphatic carbocycles. The molecule has 0 bridgehead atoms. The summed E-state index contributed by atoms with van der Waals surface area (Å²) in [6.45, 7) is 6.43. The summed E-state index contributed by atoms with van der Waals surface area (Å²) in [5, 5.41) is 4.10. The summed E-state index contributed by atoms with van der Waals surface area (Å²) < 4.78 is 27.2. The molecular formula is C18H23F2N3O. The Morgan fingerprint density at radius 3 is 2.71 bits per heavy atom. The van der Waals surface area contributed by atoms with Gasteiger partial charge in [0.05, 0.1) is 0 Å². The van der Waals surface area contributed by atoms with Crippen molar-refractivity contribution < 1.29 is 13.6 Å². The van der Waals surface area contributed by atoms with Crippen molar-refractivity contribution in [3.05, 3.63) is 41.6 Å². The van der Waals surface area contributed by atoms with Gasteiger partial charge < -0.3 is 10.3 Å². The number of fused-ring (bicyclic) bond motifs is 1. The van der Waals surface area contributed by atoms with Crippen LogP contribution in [0.1, 0.15) is 44.2 Å². The first-order valence-corrected chi connectivity index (χ1v) is 8.10. The van der Waals surface area contributed by atoms with Crippen molar-refractivity contribution in [2.24, 2.45) is 0 Å². The third-order valence-corrected chi connectivity index (χ3v) is 5.04. The minimum absolute atomic E-state index is 0.0155. The Bertz CT molecular complexity index is 702. The van der Waals surface area contributed by atoms with Crippen LogP contribution in [0.25, 0.3) is 0 Å². The zero-order chi connectivity index (χ0) is 17.7. The lowest BCUT2D eigenvalue weighted by Gasteiger charge is -2.28. The maximum Gasteiger partial charge on any atom is 0.270 e. The number of benzene rings is 1. The zero-order valence-corrected chi connectivity index (χ0v) is 14.4. The van der Waals surface area contributed by atoms with Crippen molar-refractivity contribution in [2.75, 3.05) is 12.4 Å². The number of hydrazine groups is 1. The third-order valence-electron chi connectivity index (χ3n) is 5.04. The minimum atomic E-state index is -2.86. The SMILES string of the molecule is CC1CC(C)(C)c2cccc(NC(=O)[C@@]3(C(F)F)C=CN(C)N3)c21. The Morgan fingerprint density at radius 1 is 1.42 bits per heavy atom. The Morgan fingerprint density at radius 2 is 2.12 bits per heavy atom. The van der Waals surface area contributed by atoms with Crippen LogP contribution in [-0.4, -0.2) is 29.9 Å². The van der Waals surface area contributed by atoms with Gasteiger partial charge in [-0.1, -0.05) is 32.9 Å². The maximum absolute atomic E-state index is 13.6. The smallest absolute Gasteiger partial charge is 0.270 e. The van der Waals surface area contributed by atoms with Gasteiger partial charge in [0, 0.05) is 18.9 Å². The van der Waals surface area contributed by atoms with Gasteiger partial charge in [-0.3, -0.25) is 4.79 Å². The highest BCUT2D eigenvalue weighted by molar-refractivity contribution is 6.01. The van der Waals surface area contributed by atoms with Crippen LogP contribution in [0.5, 0.6) is 0 Å². The first-order valence-electron chi connectivity index (χ1n) is 8.10. The first kappa shape index (κ1) is 16.9. The average molecular weight is 335 g/mol. The summed E-state index contributed by atoms with van der Waals surface area (Å²) in [4.78, 5) is 12.7. The number of nitrogens with zero attached hydrogens (tertiary/aromatic N) is 1. The molecule has 3 rings (SSSR count). The lowest BCUT2D eigenvalue weighted by molar-refractivity contribution is -0.127. The van der Waals surface area contributed by atoms with E-state index in [0.29, 0.717) is 5.69 Å². The van der Waals surface area contributed by atoms with E-state index in [2.05, 4.69) is 37.6 Å². The van der Waals surface area contributed by atoms with Crippen LogP contribution >= 0.6 is 0 Å². The van der Waals surface area contributed by atoms with Gasteiger partial charge in [-0.15, -0.1) is 0 Å². The molecule has 4 nitrogen and oxygen atoms in total. The molecule has 2 N–H and O–H groups in total. The molecule has 0 radical (unpaired) electrons. The van der Waals surface area contributed by atoms with Crippen LogP contribution in [0.2, 0.25) is 0 Å². The Labute approximate surface area is 140 Å². The van der Waals surface area contributed by atoms with E-state index >= 15 is 0 Å². The molecule has 24 heavy (non-hydrogen) atoms. The predicted molar refractivity (Wildman–Crippen MR) is 89.9 cm³/mol. The van der Waals surface area contributed by atoms with Crippen molar-refractivity contribution in [1.82, 2.24) is 10.4 Å². The van der Waals surface area contributed by atoms with Gasteiger partial charge in [0.25, 0.3) is 12.3 Å². The van der Waals surface area contributed by atoms with E-state index in [0.717, 1.165) is 12.0 Å². The minimum Gasteiger partial charge on any atom is -0.324 e. The van der Waals surface area contributed by atoms with E-state index in [1.807, 2.05) is 6.07 Å². The predicted octanol–water partition coefficient (Wildman–Crippen LogP) is 3.38. The van der Waals surface area contributed by atoms with E-state index < -0.39 is 17.9 Å². The molecule has 0 fully saturated rings. The van der Waals surface area contributed by atoms with Crippen LogP contribution in [0.3, 0.4) is 0 Å². The highest BCUT2D eigenvalue weighted by Gasteiger charge is 2.49. The monoisotopic (exact) mass is 335 g/mol. The summed E-state index contributed by atoms with van der Waals surface area (Å²) in [6, 6.07) is 5.71. The van der Waals surface area contributed by atoms with E-state index in [4.69, 9.17) is 0 Å². The van der Waals surface area contributed by atoms with Crippen LogP contribution in [0.4, 0.5) is 14.5 Å². The number of nitrogens with one attached hydrogen (secondary N) is 2. The highest BCUT2D eigenvalue weighted by atomic mass is 19.3. The average Bonchev–Trinajstić information content (AvgIpc) is 2.99. The Hall–Kier alpha value is -1.95. The number of amides is 1. The van der Waals surface area contributed by atoms with E-state index in [1.54, 1.807) is 13.1 Å². The van der Waals surface area contributed by atoms with Crippen molar-refractivity contribution in [2.45, 2.75) is 50.5 Å². The summed E-state index contributed by atoms with van der Waals surface area (Å²) in [5.41, 5.74) is 3.37. The molecule has 0 saturated heterocycles. The van der Waals surface area contributed by atoms with Crippen molar-refractivity contribution in [3.8, 4) is 0 Å². The molecule has 0 saturated carbocycles. The first-order chi connectivity index (χ1) is 11.2. The van der Waals surface area contributed by atoms with Crippen LogP contribution < -0.4 is 10.7 Å². The van der Waals surface area contributed by atoms with Crippen LogP contribution in [0.15, 0.2) is 30.5 Å². The van der Waals surface area contributed by atoms with Gasteiger partial charge in [0.2, 0.25) is 0 Å². The third kappa shape index (κ3) is 2.49. The molecule has 0 spiro atoms. The van der Waals surface area contributed by atoms with Crippen LogP contribution in [0, 0.1) is 0 Å². The second-order valence-electron chi connectivity index (χ2n) is 7.42. The van der Waals surface area contributed by atoms with Gasteiger partial charge in [-0.05, 0) is 41.0 Å². The second-order valence-corrected chi connectivity index (χ2v) is 7.42. The normalized spacial score (nSPS) is 27.6. The van der Waals surface area contributed by atoms with E-state index in [9.17, 15) is 13.6 Å². The zero-order valence-electron chi connectivity index (χ0n) is 14.4. The molecule has 1 aliphatic heterocycles. The standard InChI is InChI=1S/C18H23F2N3O/c1-11-10-17(2,3)12-6-5-7-13(14(11)12)21-16(24)18(15(19)20)8-9-23(4)22-18/h5-9,11,15,22H,10H2,1-4H3,(H,21,24)/t11?,18-/m0/s1. The highest BCUT2D eigenvalue weighted by Crippen LogP contribution is 2.48. The molecule has 1 unspecified atom stereocenters. The quantitative estimate of drug-likeness (QED) is 0.890. The molecular weight excluding hydrogens is 312 g/mol. The molecule has 1 amide bonds. The summed E-state index contributed by atoms with van der Waals surface area (Å²) in [5.74, 6) is -0.479. The number of alkyl halides is 2. The van der Waals surface area contributed by atoms with E-state index in [-0.39, 0.29) is 11.3 Å². The van der Waals surface area contributed by atoms with E-state index in [1.165, 1.54) is 22.8 Å². The molecule has 0 aromatic heterocycles. The number of halogens is 2. The maximum atomic E-state index is 13.6. The molecule has 2 atom stereocenters. The fourth-order valence-electron chi connectivity index (χ4n) is 3.94. The number of anilines is 1. The fraction of sp³-hybridized carbons (Fsp3) is 0.500. The lowest BCUT2D eigenvalue weighted by Crippen LogP contribution is -2.58. The van der Waals surface area contributed by atoms with Gasteiger partial charge in [0.15, 0.2) is 5.54 Å². The molecule has 130 valence electrons. The largest absolute Gasteiger partial charge is 0.324 e. The topological polar surface area (TPSA) is 44.4 Å². The van der Waals surface area contributed by atoms with Gasteiger partial charge in [-0.2, -0.15) is 0 Å². The molecule has 1 aromatic rings. The fourth-order valence-corrected chi connectivity index (χ4v) is 3.94.